The van der Waals surface area contributed by atoms with Gasteiger partial charge in [-0.15, -0.1) is 0 Å². The van der Waals surface area contributed by atoms with E-state index >= 15 is 0 Å². The number of carboxylic acid groups (broad SMARTS) is 1. The first-order chi connectivity index (χ1) is 17.8. The Morgan fingerprint density at radius 2 is 1.47 bits per heavy atom. The Morgan fingerprint density at radius 1 is 0.921 bits per heavy atom. The summed E-state index contributed by atoms with van der Waals surface area (Å²) >= 11 is 0. The van der Waals surface area contributed by atoms with Crippen molar-refractivity contribution in [3.8, 4) is 11.5 Å². The van der Waals surface area contributed by atoms with Crippen molar-refractivity contribution in [1.29, 1.82) is 0 Å². The number of hydrogen-bond acceptors (Lipinski definition) is 9. The third-order valence-electron chi connectivity index (χ3n) is 5.64. The Hall–Kier alpha value is -3.14. The average Bonchev–Trinajstić information content (AvgIpc) is 2.84. The van der Waals surface area contributed by atoms with Gasteiger partial charge < -0.3 is 29.8 Å². The van der Waals surface area contributed by atoms with Crippen molar-refractivity contribution in [1.82, 2.24) is 0 Å². The van der Waals surface area contributed by atoms with Crippen LogP contribution in [0.5, 0.6) is 11.5 Å². The van der Waals surface area contributed by atoms with Gasteiger partial charge in [0, 0.05) is 18.8 Å². The highest BCUT2D eigenvalue weighted by molar-refractivity contribution is 5.77. The molecule has 0 aliphatic carbocycles. The van der Waals surface area contributed by atoms with Crippen LogP contribution >= 0.6 is 0 Å². The van der Waals surface area contributed by atoms with E-state index in [1.807, 2.05) is 34.6 Å². The van der Waals surface area contributed by atoms with Gasteiger partial charge in [0.05, 0.1) is 13.2 Å². The summed E-state index contributed by atoms with van der Waals surface area (Å²) in [5, 5.41) is 9.67. The molecule has 0 aliphatic rings. The van der Waals surface area contributed by atoms with Gasteiger partial charge in [-0.2, -0.15) is 0 Å². The van der Waals surface area contributed by atoms with E-state index in [0.29, 0.717) is 18.4 Å². The molecule has 1 aromatic carbocycles. The van der Waals surface area contributed by atoms with Gasteiger partial charge >= 0.3 is 24.1 Å². The standard InChI is InChI=1S/C28H43NO9/c1-7-9-11-22(30)37-20-14-13-19(15-21(20)38-23(31)12-10-8-2)24(25(29)26(32)33)18(3)16-35-27(34)36-17-28(4,5)6/h13-15,18,24-25H,7-12,16-17,29H2,1-6H3,(H,32,33)/t18?,24?,25-/m0/s1. The average molecular weight is 538 g/mol. The molecule has 1 rings (SSSR count). The summed E-state index contributed by atoms with van der Waals surface area (Å²) in [6.07, 6.45) is 2.38. The minimum absolute atomic E-state index is 0.00579. The number of carbonyl (C=O) groups excluding carboxylic acids is 3. The summed E-state index contributed by atoms with van der Waals surface area (Å²) < 4.78 is 21.3. The first-order valence-electron chi connectivity index (χ1n) is 13.1. The second kappa shape index (κ2) is 16.0. The largest absolute Gasteiger partial charge is 0.508 e. The zero-order valence-electron chi connectivity index (χ0n) is 23.4. The van der Waals surface area contributed by atoms with Crippen LogP contribution in [0.3, 0.4) is 0 Å². The van der Waals surface area contributed by atoms with Crippen LogP contribution in [0.15, 0.2) is 18.2 Å². The molecule has 3 N–H and O–H groups in total. The first kappa shape index (κ1) is 32.9. The van der Waals surface area contributed by atoms with Crippen LogP contribution in [0.2, 0.25) is 0 Å². The van der Waals surface area contributed by atoms with Gasteiger partial charge in [0.15, 0.2) is 11.5 Å². The third-order valence-corrected chi connectivity index (χ3v) is 5.64. The summed E-state index contributed by atoms with van der Waals surface area (Å²) in [4.78, 5) is 48.5. The van der Waals surface area contributed by atoms with Crippen molar-refractivity contribution in [3.63, 3.8) is 0 Å². The van der Waals surface area contributed by atoms with Gasteiger partial charge in [0.2, 0.25) is 0 Å². The van der Waals surface area contributed by atoms with Crippen LogP contribution in [0.25, 0.3) is 0 Å². The van der Waals surface area contributed by atoms with Gasteiger partial charge in [0.25, 0.3) is 0 Å². The minimum Gasteiger partial charge on any atom is -0.480 e. The summed E-state index contributed by atoms with van der Waals surface area (Å²) in [5.41, 5.74) is 6.22. The van der Waals surface area contributed by atoms with Crippen molar-refractivity contribution in [2.75, 3.05) is 13.2 Å². The SMILES string of the molecule is CCCCC(=O)Oc1ccc(C(C(C)COC(=O)OCC(C)(C)C)[C@H](N)C(=O)O)cc1OC(=O)CCCC. The molecule has 3 atom stereocenters. The molecule has 0 fully saturated rings. The molecule has 0 aromatic heterocycles. The van der Waals surface area contributed by atoms with E-state index in [1.54, 1.807) is 13.0 Å². The highest BCUT2D eigenvalue weighted by Crippen LogP contribution is 2.36. The summed E-state index contributed by atoms with van der Waals surface area (Å²) in [6.45, 7) is 11.3. The van der Waals surface area contributed by atoms with Crippen LogP contribution in [-0.2, 0) is 23.9 Å². The molecular formula is C28H43NO9. The van der Waals surface area contributed by atoms with Gasteiger partial charge in [0.1, 0.15) is 6.04 Å². The number of esters is 2. The second-order valence-electron chi connectivity index (χ2n) is 10.6. The van der Waals surface area contributed by atoms with Gasteiger partial charge in [-0.3, -0.25) is 14.4 Å². The predicted molar refractivity (Wildman–Crippen MR) is 141 cm³/mol. The van der Waals surface area contributed by atoms with Crippen molar-refractivity contribution < 1.29 is 43.2 Å². The topological polar surface area (TPSA) is 151 Å². The van der Waals surface area contributed by atoms with Gasteiger partial charge in [-0.05, 0) is 41.9 Å². The van der Waals surface area contributed by atoms with Crippen LogP contribution in [0.1, 0.15) is 91.5 Å². The number of ether oxygens (including phenoxy) is 4. The number of rotatable bonds is 15. The highest BCUT2D eigenvalue weighted by Gasteiger charge is 2.33. The Bertz CT molecular complexity index is 939. The van der Waals surface area contributed by atoms with Crippen molar-refractivity contribution in [2.45, 2.75) is 92.0 Å². The molecule has 38 heavy (non-hydrogen) atoms. The van der Waals surface area contributed by atoms with E-state index in [2.05, 4.69) is 0 Å². The van der Waals surface area contributed by atoms with Crippen LogP contribution in [0, 0.1) is 11.3 Å². The Kier molecular flexibility index (Phi) is 13.8. The highest BCUT2D eigenvalue weighted by atomic mass is 16.7. The minimum atomic E-state index is -1.36. The number of unbranched alkanes of at least 4 members (excludes halogenated alkanes) is 2. The number of aliphatic carboxylic acids is 1. The summed E-state index contributed by atoms with van der Waals surface area (Å²) in [7, 11) is 0. The molecule has 0 bridgehead atoms. The molecule has 0 saturated heterocycles. The Labute approximate surface area is 225 Å². The summed E-state index contributed by atoms with van der Waals surface area (Å²) in [5.74, 6) is -3.57. The molecule has 2 unspecified atom stereocenters. The molecule has 0 aliphatic heterocycles. The van der Waals surface area contributed by atoms with Crippen molar-refractivity contribution in [3.05, 3.63) is 23.8 Å². The molecular weight excluding hydrogens is 494 g/mol. The molecule has 0 radical (unpaired) electrons. The number of benzene rings is 1. The third kappa shape index (κ3) is 11.9. The lowest BCUT2D eigenvalue weighted by Crippen LogP contribution is -2.40. The zero-order valence-corrected chi connectivity index (χ0v) is 23.4. The molecule has 214 valence electrons. The van der Waals surface area contributed by atoms with E-state index in [1.165, 1.54) is 12.1 Å². The number of hydrogen-bond donors (Lipinski definition) is 2. The fourth-order valence-corrected chi connectivity index (χ4v) is 3.55. The van der Waals surface area contributed by atoms with E-state index in [0.717, 1.165) is 12.8 Å². The van der Waals surface area contributed by atoms with Gasteiger partial charge in [-0.1, -0.05) is 60.5 Å². The lowest BCUT2D eigenvalue weighted by atomic mass is 9.82. The molecule has 0 amide bonds. The maximum absolute atomic E-state index is 12.4. The molecule has 10 nitrogen and oxygen atoms in total. The van der Waals surface area contributed by atoms with E-state index in [4.69, 9.17) is 24.7 Å². The maximum atomic E-state index is 12.4. The number of nitrogens with two attached hydrogens (primary N) is 1. The molecule has 0 heterocycles. The number of carboxylic acids is 1. The number of carbonyl (C=O) groups is 4. The van der Waals surface area contributed by atoms with Crippen LogP contribution in [0.4, 0.5) is 4.79 Å². The monoisotopic (exact) mass is 537 g/mol. The second-order valence-corrected chi connectivity index (χ2v) is 10.6. The zero-order chi connectivity index (χ0) is 28.9. The van der Waals surface area contributed by atoms with E-state index in [9.17, 15) is 24.3 Å². The lowest BCUT2D eigenvalue weighted by molar-refractivity contribution is -0.139. The fraction of sp³-hybridized carbons (Fsp3) is 0.643. The molecule has 10 heteroatoms. The Balaban J connectivity index is 3.24. The quantitative estimate of drug-likeness (QED) is 0.225. The van der Waals surface area contributed by atoms with E-state index < -0.39 is 41.9 Å². The molecule has 1 aromatic rings. The fourth-order valence-electron chi connectivity index (χ4n) is 3.55. The molecule has 0 spiro atoms. The van der Waals surface area contributed by atoms with Crippen molar-refractivity contribution >= 4 is 24.1 Å². The molecule has 0 saturated carbocycles. The first-order valence-corrected chi connectivity index (χ1v) is 13.1. The van der Waals surface area contributed by atoms with Crippen molar-refractivity contribution in [2.24, 2.45) is 17.1 Å². The smallest absolute Gasteiger partial charge is 0.480 e. The normalized spacial score (nSPS) is 13.7. The Morgan fingerprint density at radius 3 is 1.97 bits per heavy atom. The lowest BCUT2D eigenvalue weighted by Gasteiger charge is -2.28. The van der Waals surface area contributed by atoms with Gasteiger partial charge in [-0.25, -0.2) is 4.79 Å². The predicted octanol–water partition coefficient (Wildman–Crippen LogP) is 5.21. The van der Waals surface area contributed by atoms with Crippen LogP contribution in [-0.4, -0.2) is 48.4 Å². The van der Waals surface area contributed by atoms with Crippen LogP contribution < -0.4 is 15.2 Å². The van der Waals surface area contributed by atoms with E-state index in [-0.39, 0.29) is 43.0 Å². The maximum Gasteiger partial charge on any atom is 0.508 e. The summed E-state index contributed by atoms with van der Waals surface area (Å²) in [6, 6.07) is 3.11.